The summed E-state index contributed by atoms with van der Waals surface area (Å²) in [5, 5.41) is 5.59. The van der Waals surface area contributed by atoms with Crippen LogP contribution in [0, 0.1) is 0 Å². The van der Waals surface area contributed by atoms with Crippen molar-refractivity contribution in [2.24, 2.45) is 0 Å². The highest BCUT2D eigenvalue weighted by molar-refractivity contribution is 7.16. The SMILES string of the molecule is COc1ccc(NC(=O)c2ccc(C(=O)Nc3ccc(OC)cc3)s2)cc1. The minimum atomic E-state index is -0.270. The first-order valence-corrected chi connectivity index (χ1v) is 8.91. The molecule has 3 rings (SSSR count). The van der Waals surface area contributed by atoms with Gasteiger partial charge >= 0.3 is 0 Å². The van der Waals surface area contributed by atoms with Crippen LogP contribution in [0.2, 0.25) is 0 Å². The summed E-state index contributed by atoms with van der Waals surface area (Å²) in [6.07, 6.45) is 0. The molecule has 27 heavy (non-hydrogen) atoms. The molecular formula is C20H18N2O4S. The normalized spacial score (nSPS) is 10.1. The number of carbonyl (C=O) groups excluding carboxylic acids is 2. The third kappa shape index (κ3) is 4.65. The molecule has 0 radical (unpaired) electrons. The molecule has 2 amide bonds. The first kappa shape index (κ1) is 18.5. The van der Waals surface area contributed by atoms with E-state index in [2.05, 4.69) is 10.6 Å². The number of thiophene rings is 1. The van der Waals surface area contributed by atoms with E-state index < -0.39 is 0 Å². The molecule has 2 aromatic carbocycles. The van der Waals surface area contributed by atoms with Gasteiger partial charge in [0.2, 0.25) is 0 Å². The van der Waals surface area contributed by atoms with Gasteiger partial charge in [0, 0.05) is 11.4 Å². The predicted molar refractivity (Wildman–Crippen MR) is 106 cm³/mol. The van der Waals surface area contributed by atoms with E-state index in [4.69, 9.17) is 9.47 Å². The van der Waals surface area contributed by atoms with Crippen molar-refractivity contribution in [2.75, 3.05) is 24.9 Å². The molecule has 3 aromatic rings. The number of methoxy groups -OCH3 is 2. The van der Waals surface area contributed by atoms with Crippen molar-refractivity contribution >= 4 is 34.5 Å². The molecule has 0 aliphatic rings. The second kappa shape index (κ2) is 8.37. The Labute approximate surface area is 160 Å². The maximum Gasteiger partial charge on any atom is 0.265 e. The van der Waals surface area contributed by atoms with Gasteiger partial charge in [-0.3, -0.25) is 9.59 Å². The Morgan fingerprint density at radius 1 is 0.667 bits per heavy atom. The van der Waals surface area contributed by atoms with Crippen LogP contribution in [0.3, 0.4) is 0 Å². The van der Waals surface area contributed by atoms with E-state index in [1.54, 1.807) is 74.9 Å². The zero-order chi connectivity index (χ0) is 19.2. The van der Waals surface area contributed by atoms with Crippen molar-refractivity contribution in [2.45, 2.75) is 0 Å². The van der Waals surface area contributed by atoms with Crippen LogP contribution in [0.4, 0.5) is 11.4 Å². The molecule has 0 aliphatic heterocycles. The highest BCUT2D eigenvalue weighted by Gasteiger charge is 2.14. The molecule has 2 N–H and O–H groups in total. The standard InChI is InChI=1S/C20H18N2O4S/c1-25-15-7-3-13(4-8-15)21-19(23)17-11-12-18(27-17)20(24)22-14-5-9-16(26-2)10-6-14/h3-12H,1-2H3,(H,21,23)(H,22,24). The summed E-state index contributed by atoms with van der Waals surface area (Å²) in [5.41, 5.74) is 1.30. The molecule has 0 atom stereocenters. The van der Waals surface area contributed by atoms with Crippen LogP contribution in [0.1, 0.15) is 19.3 Å². The van der Waals surface area contributed by atoms with Gasteiger partial charge in [0.25, 0.3) is 11.8 Å². The molecule has 0 bridgehead atoms. The number of ether oxygens (including phenoxy) is 2. The zero-order valence-corrected chi connectivity index (χ0v) is 15.6. The van der Waals surface area contributed by atoms with Gasteiger partial charge in [0.15, 0.2) is 0 Å². The third-order valence-corrected chi connectivity index (χ3v) is 4.83. The second-order valence-electron chi connectivity index (χ2n) is 5.53. The van der Waals surface area contributed by atoms with E-state index in [-0.39, 0.29) is 11.8 Å². The van der Waals surface area contributed by atoms with Crippen LogP contribution >= 0.6 is 11.3 Å². The summed E-state index contributed by atoms with van der Waals surface area (Å²) < 4.78 is 10.2. The Kier molecular flexibility index (Phi) is 5.73. The Bertz CT molecular complexity index is 857. The summed E-state index contributed by atoms with van der Waals surface area (Å²) in [4.78, 5) is 25.6. The Morgan fingerprint density at radius 3 is 1.37 bits per heavy atom. The van der Waals surface area contributed by atoms with Gasteiger partial charge in [0.05, 0.1) is 24.0 Å². The number of anilines is 2. The fourth-order valence-electron chi connectivity index (χ4n) is 2.32. The largest absolute Gasteiger partial charge is 0.497 e. The lowest BCUT2D eigenvalue weighted by Crippen LogP contribution is -2.11. The van der Waals surface area contributed by atoms with Crippen molar-refractivity contribution in [3.8, 4) is 11.5 Å². The van der Waals surface area contributed by atoms with Gasteiger partial charge in [-0.25, -0.2) is 0 Å². The second-order valence-corrected chi connectivity index (χ2v) is 6.61. The minimum Gasteiger partial charge on any atom is -0.497 e. The van der Waals surface area contributed by atoms with E-state index in [1.807, 2.05) is 0 Å². The fourth-order valence-corrected chi connectivity index (χ4v) is 3.11. The van der Waals surface area contributed by atoms with Crippen molar-refractivity contribution < 1.29 is 19.1 Å². The van der Waals surface area contributed by atoms with Crippen molar-refractivity contribution in [3.63, 3.8) is 0 Å². The van der Waals surface area contributed by atoms with Gasteiger partial charge in [-0.05, 0) is 60.7 Å². The highest BCUT2D eigenvalue weighted by Crippen LogP contribution is 2.22. The molecule has 7 heteroatoms. The van der Waals surface area contributed by atoms with Crippen LogP contribution < -0.4 is 20.1 Å². The maximum absolute atomic E-state index is 12.4. The lowest BCUT2D eigenvalue weighted by molar-refractivity contribution is 0.102. The van der Waals surface area contributed by atoms with Crippen LogP contribution in [-0.2, 0) is 0 Å². The summed E-state index contributed by atoms with van der Waals surface area (Å²) >= 11 is 1.13. The van der Waals surface area contributed by atoms with Crippen LogP contribution in [0.15, 0.2) is 60.7 Å². The average molecular weight is 382 g/mol. The van der Waals surface area contributed by atoms with E-state index in [0.717, 1.165) is 11.3 Å². The number of rotatable bonds is 6. The first-order valence-electron chi connectivity index (χ1n) is 8.09. The average Bonchev–Trinajstić information content (AvgIpc) is 3.20. The third-order valence-electron chi connectivity index (χ3n) is 3.75. The predicted octanol–water partition coefficient (Wildman–Crippen LogP) is 4.27. The molecule has 0 unspecified atom stereocenters. The number of benzene rings is 2. The summed E-state index contributed by atoms with van der Waals surface area (Å²) in [5.74, 6) is 0.880. The lowest BCUT2D eigenvalue weighted by Gasteiger charge is -2.05. The Balaban J connectivity index is 1.63. The maximum atomic E-state index is 12.4. The quantitative estimate of drug-likeness (QED) is 0.667. The van der Waals surface area contributed by atoms with Crippen LogP contribution in [-0.4, -0.2) is 26.0 Å². The molecule has 0 aliphatic carbocycles. The Morgan fingerprint density at radius 2 is 1.04 bits per heavy atom. The van der Waals surface area contributed by atoms with Crippen LogP contribution in [0.5, 0.6) is 11.5 Å². The van der Waals surface area contributed by atoms with E-state index in [1.165, 1.54) is 0 Å². The van der Waals surface area contributed by atoms with E-state index in [9.17, 15) is 9.59 Å². The number of hydrogen-bond donors (Lipinski definition) is 2. The van der Waals surface area contributed by atoms with E-state index >= 15 is 0 Å². The highest BCUT2D eigenvalue weighted by atomic mass is 32.1. The molecule has 1 heterocycles. The van der Waals surface area contributed by atoms with Crippen molar-refractivity contribution in [3.05, 3.63) is 70.4 Å². The molecule has 0 saturated heterocycles. The smallest absolute Gasteiger partial charge is 0.265 e. The molecule has 1 aromatic heterocycles. The number of hydrogen-bond acceptors (Lipinski definition) is 5. The number of carbonyl (C=O) groups is 2. The van der Waals surface area contributed by atoms with Crippen molar-refractivity contribution in [1.82, 2.24) is 0 Å². The van der Waals surface area contributed by atoms with Crippen molar-refractivity contribution in [1.29, 1.82) is 0 Å². The minimum absolute atomic E-state index is 0.270. The fraction of sp³-hybridized carbons (Fsp3) is 0.100. The lowest BCUT2D eigenvalue weighted by atomic mass is 10.3. The summed E-state index contributed by atoms with van der Waals surface area (Å²) in [6, 6.07) is 17.3. The molecular weight excluding hydrogens is 364 g/mol. The van der Waals surface area contributed by atoms with Gasteiger partial charge in [0.1, 0.15) is 11.5 Å². The summed E-state index contributed by atoms with van der Waals surface area (Å²) in [7, 11) is 3.16. The molecule has 0 spiro atoms. The molecule has 6 nitrogen and oxygen atoms in total. The Hall–Kier alpha value is -3.32. The monoisotopic (exact) mass is 382 g/mol. The molecule has 0 fully saturated rings. The molecule has 138 valence electrons. The number of nitrogens with one attached hydrogen (secondary N) is 2. The number of amides is 2. The molecule has 0 saturated carbocycles. The zero-order valence-electron chi connectivity index (χ0n) is 14.8. The van der Waals surface area contributed by atoms with E-state index in [0.29, 0.717) is 32.6 Å². The summed E-state index contributed by atoms with van der Waals surface area (Å²) in [6.45, 7) is 0. The van der Waals surface area contributed by atoms with Gasteiger partial charge < -0.3 is 20.1 Å². The van der Waals surface area contributed by atoms with Gasteiger partial charge in [-0.1, -0.05) is 0 Å². The van der Waals surface area contributed by atoms with Crippen LogP contribution in [0.25, 0.3) is 0 Å². The first-order chi connectivity index (χ1) is 13.1. The topological polar surface area (TPSA) is 76.7 Å². The van der Waals surface area contributed by atoms with Gasteiger partial charge in [-0.15, -0.1) is 11.3 Å². The van der Waals surface area contributed by atoms with Gasteiger partial charge in [-0.2, -0.15) is 0 Å².